The molecular weight excluding hydrogens is 468 g/mol. The van der Waals surface area contributed by atoms with Gasteiger partial charge in [-0.05, 0) is 60.7 Å². The van der Waals surface area contributed by atoms with Crippen molar-refractivity contribution in [1.29, 1.82) is 0 Å². The number of hydrogen-bond donors (Lipinski definition) is 2. The Morgan fingerprint density at radius 3 is 2.60 bits per heavy atom. The predicted molar refractivity (Wildman–Crippen MR) is 135 cm³/mol. The van der Waals surface area contributed by atoms with Crippen LogP contribution in [0.4, 0.5) is 0 Å². The van der Waals surface area contributed by atoms with Crippen LogP contribution in [0, 0.1) is 11.8 Å². The summed E-state index contributed by atoms with van der Waals surface area (Å²) in [5, 5.41) is 7.30. The predicted octanol–water partition coefficient (Wildman–Crippen LogP) is 2.10. The molecule has 1 aromatic carbocycles. The number of rotatable bonds is 8. The molecule has 4 rings (SSSR count). The summed E-state index contributed by atoms with van der Waals surface area (Å²) in [6.45, 7) is 0.406. The molecule has 9 nitrogen and oxygen atoms in total. The number of carbonyl (C=O) groups excluding carboxylic acids is 2. The minimum Gasteiger partial charge on any atom is -0.497 e. The number of methoxy groups -OCH3 is 1. The third-order valence-electron chi connectivity index (χ3n) is 6.67. The van der Waals surface area contributed by atoms with Crippen LogP contribution in [0.2, 0.25) is 0 Å². The molecule has 0 bridgehead atoms. The monoisotopic (exact) mass is 498 g/mol. The van der Waals surface area contributed by atoms with Gasteiger partial charge in [0.25, 0.3) is 5.56 Å². The molecule has 1 saturated carbocycles. The van der Waals surface area contributed by atoms with Crippen molar-refractivity contribution in [2.24, 2.45) is 11.8 Å². The van der Waals surface area contributed by atoms with Crippen LogP contribution in [-0.2, 0) is 29.2 Å². The van der Waals surface area contributed by atoms with Gasteiger partial charge in [0.1, 0.15) is 17.0 Å². The molecule has 0 radical (unpaired) electrons. The Hall–Kier alpha value is -3.40. The highest BCUT2D eigenvalue weighted by molar-refractivity contribution is 7.17. The largest absolute Gasteiger partial charge is 0.497 e. The smallest absolute Gasteiger partial charge is 0.332 e. The van der Waals surface area contributed by atoms with E-state index in [9.17, 15) is 19.2 Å². The van der Waals surface area contributed by atoms with Crippen molar-refractivity contribution in [3.05, 3.63) is 62.1 Å². The summed E-state index contributed by atoms with van der Waals surface area (Å²) >= 11 is 1.27. The average molecular weight is 499 g/mol. The Balaban J connectivity index is 1.51. The van der Waals surface area contributed by atoms with Crippen LogP contribution in [0.3, 0.4) is 0 Å². The molecule has 2 aromatic heterocycles. The highest BCUT2D eigenvalue weighted by Crippen LogP contribution is 2.29. The molecule has 10 heteroatoms. The second kappa shape index (κ2) is 10.9. The maximum atomic E-state index is 13.4. The number of hydrogen-bond acceptors (Lipinski definition) is 6. The lowest BCUT2D eigenvalue weighted by Gasteiger charge is -2.27. The average Bonchev–Trinajstić information content (AvgIpc) is 3.38. The summed E-state index contributed by atoms with van der Waals surface area (Å²) in [6, 6.07) is 9.09. The number of nitrogens with zero attached hydrogens (tertiary/aromatic N) is 2. The number of nitrogens with one attached hydrogen (secondary N) is 2. The summed E-state index contributed by atoms with van der Waals surface area (Å²) < 4.78 is 8.32. The topological polar surface area (TPSA) is 111 Å². The quantitative estimate of drug-likeness (QED) is 0.494. The van der Waals surface area contributed by atoms with Crippen LogP contribution in [0.25, 0.3) is 10.2 Å². The van der Waals surface area contributed by atoms with Gasteiger partial charge in [0.15, 0.2) is 0 Å². The third-order valence-corrected chi connectivity index (χ3v) is 7.56. The first-order valence-corrected chi connectivity index (χ1v) is 12.6. The van der Waals surface area contributed by atoms with Crippen molar-refractivity contribution < 1.29 is 14.3 Å². The molecule has 0 unspecified atom stereocenters. The van der Waals surface area contributed by atoms with Gasteiger partial charge in [0, 0.05) is 26.1 Å². The number of thiophene rings is 1. The Morgan fingerprint density at radius 1 is 1.11 bits per heavy atom. The van der Waals surface area contributed by atoms with E-state index in [1.165, 1.54) is 20.5 Å². The Labute approximate surface area is 206 Å². The zero-order valence-corrected chi connectivity index (χ0v) is 20.7. The lowest BCUT2D eigenvalue weighted by atomic mass is 9.81. The van der Waals surface area contributed by atoms with Crippen molar-refractivity contribution >= 4 is 33.4 Å². The fourth-order valence-electron chi connectivity index (χ4n) is 4.70. The van der Waals surface area contributed by atoms with Gasteiger partial charge in [-0.2, -0.15) is 0 Å². The van der Waals surface area contributed by atoms with E-state index in [1.807, 2.05) is 24.3 Å². The Morgan fingerprint density at radius 2 is 1.89 bits per heavy atom. The Kier molecular flexibility index (Phi) is 7.70. The Bertz CT molecular complexity index is 1330. The van der Waals surface area contributed by atoms with Crippen molar-refractivity contribution in [2.45, 2.75) is 45.3 Å². The standard InChI is InChI=1S/C25H30N4O5S/c1-26-23(31)18-8-6-16(7-9-18)14-29-24(32)22-20(10-11-35-22)28(25(29)33)15-21(30)27-13-17-4-3-5-19(12-17)34-2/h3-5,10-12,16,18H,6-9,13-15H2,1-2H3,(H,26,31)(H,27,30). The van der Waals surface area contributed by atoms with Gasteiger partial charge in [-0.25, -0.2) is 4.79 Å². The van der Waals surface area contributed by atoms with Crippen LogP contribution in [0.5, 0.6) is 5.75 Å². The van der Waals surface area contributed by atoms with Gasteiger partial charge >= 0.3 is 5.69 Å². The third kappa shape index (κ3) is 5.48. The zero-order chi connectivity index (χ0) is 24.9. The van der Waals surface area contributed by atoms with E-state index in [2.05, 4.69) is 10.6 Å². The van der Waals surface area contributed by atoms with Gasteiger partial charge in [-0.1, -0.05) is 12.1 Å². The number of aromatic nitrogens is 2. The summed E-state index contributed by atoms with van der Waals surface area (Å²) in [5.41, 5.74) is 0.552. The lowest BCUT2D eigenvalue weighted by Crippen LogP contribution is -2.43. The van der Waals surface area contributed by atoms with E-state index in [-0.39, 0.29) is 42.3 Å². The number of benzene rings is 1. The fraction of sp³-hybridized carbons (Fsp3) is 0.440. The highest BCUT2D eigenvalue weighted by atomic mass is 32.1. The number of ether oxygens (including phenoxy) is 1. The molecule has 35 heavy (non-hydrogen) atoms. The summed E-state index contributed by atoms with van der Waals surface area (Å²) in [7, 11) is 3.22. The van der Waals surface area contributed by atoms with Crippen LogP contribution in [-0.4, -0.2) is 35.1 Å². The van der Waals surface area contributed by atoms with E-state index in [1.54, 1.807) is 25.6 Å². The first kappa shape index (κ1) is 24.7. The molecule has 0 saturated heterocycles. The molecule has 2 N–H and O–H groups in total. The zero-order valence-electron chi connectivity index (χ0n) is 19.9. The molecule has 186 valence electrons. The minimum atomic E-state index is -0.481. The first-order chi connectivity index (χ1) is 16.9. The molecule has 3 aromatic rings. The molecule has 1 aliphatic carbocycles. The normalized spacial score (nSPS) is 17.8. The van der Waals surface area contributed by atoms with Gasteiger partial charge in [0.05, 0.1) is 12.6 Å². The second-order valence-electron chi connectivity index (χ2n) is 8.88. The molecule has 0 atom stereocenters. The van der Waals surface area contributed by atoms with E-state index >= 15 is 0 Å². The van der Waals surface area contributed by atoms with E-state index in [4.69, 9.17) is 4.74 Å². The second-order valence-corrected chi connectivity index (χ2v) is 9.80. The molecule has 1 fully saturated rings. The summed E-state index contributed by atoms with van der Waals surface area (Å²) in [4.78, 5) is 51.1. The van der Waals surface area contributed by atoms with Gasteiger partial charge in [-0.15, -0.1) is 11.3 Å². The number of amides is 2. The van der Waals surface area contributed by atoms with Gasteiger partial charge in [-0.3, -0.25) is 23.5 Å². The summed E-state index contributed by atoms with van der Waals surface area (Å²) in [6.07, 6.45) is 3.02. The van der Waals surface area contributed by atoms with Crippen molar-refractivity contribution in [3.8, 4) is 5.75 Å². The van der Waals surface area contributed by atoms with Gasteiger partial charge < -0.3 is 15.4 Å². The van der Waals surface area contributed by atoms with Crippen LogP contribution in [0.15, 0.2) is 45.3 Å². The van der Waals surface area contributed by atoms with E-state index in [0.29, 0.717) is 22.5 Å². The summed E-state index contributed by atoms with van der Waals surface area (Å²) in [5.74, 6) is 0.540. The highest BCUT2D eigenvalue weighted by Gasteiger charge is 2.27. The van der Waals surface area contributed by atoms with E-state index in [0.717, 1.165) is 31.2 Å². The minimum absolute atomic E-state index is 0.0160. The van der Waals surface area contributed by atoms with Crippen LogP contribution in [0.1, 0.15) is 31.2 Å². The van der Waals surface area contributed by atoms with Gasteiger partial charge in [0.2, 0.25) is 11.8 Å². The molecular formula is C25H30N4O5S. The molecule has 2 heterocycles. The van der Waals surface area contributed by atoms with Crippen LogP contribution < -0.4 is 26.6 Å². The van der Waals surface area contributed by atoms with Crippen LogP contribution >= 0.6 is 11.3 Å². The number of carbonyl (C=O) groups is 2. The molecule has 0 aliphatic heterocycles. The lowest BCUT2D eigenvalue weighted by molar-refractivity contribution is -0.125. The molecule has 0 spiro atoms. The molecule has 1 aliphatic rings. The number of fused-ring (bicyclic) bond motifs is 1. The maximum absolute atomic E-state index is 13.4. The fourth-order valence-corrected chi connectivity index (χ4v) is 5.54. The first-order valence-electron chi connectivity index (χ1n) is 11.7. The van der Waals surface area contributed by atoms with Crippen molar-refractivity contribution in [2.75, 3.05) is 14.2 Å². The molecule has 2 amide bonds. The SMILES string of the molecule is CNC(=O)C1CCC(Cn2c(=O)c3sccc3n(CC(=O)NCc3cccc(OC)c3)c2=O)CC1. The maximum Gasteiger partial charge on any atom is 0.332 e. The van der Waals surface area contributed by atoms with Crippen molar-refractivity contribution in [1.82, 2.24) is 19.8 Å². The van der Waals surface area contributed by atoms with Crippen molar-refractivity contribution in [3.63, 3.8) is 0 Å². The van der Waals surface area contributed by atoms with E-state index < -0.39 is 5.69 Å².